The Hall–Kier alpha value is -2.34. The van der Waals surface area contributed by atoms with E-state index in [2.05, 4.69) is 31.9 Å². The fourth-order valence-corrected chi connectivity index (χ4v) is 3.37. The molecule has 0 saturated carbocycles. The minimum absolute atomic E-state index is 0.00529. The highest BCUT2D eigenvalue weighted by Crippen LogP contribution is 2.30. The van der Waals surface area contributed by atoms with E-state index in [-0.39, 0.29) is 11.3 Å². The predicted molar refractivity (Wildman–Crippen MR) is 104 cm³/mol. The Morgan fingerprint density at radius 1 is 1.33 bits per heavy atom. The van der Waals surface area contributed by atoms with Gasteiger partial charge < -0.3 is 14.4 Å². The van der Waals surface area contributed by atoms with Crippen molar-refractivity contribution in [2.45, 2.75) is 39.2 Å². The number of rotatable bonds is 5. The summed E-state index contributed by atoms with van der Waals surface area (Å²) in [6.45, 7) is 8.54. The number of benzene rings is 1. The van der Waals surface area contributed by atoms with E-state index in [0.717, 1.165) is 29.0 Å². The summed E-state index contributed by atoms with van der Waals surface area (Å²) in [6, 6.07) is 8.06. The van der Waals surface area contributed by atoms with Crippen LogP contribution < -0.4 is 4.74 Å². The number of carbonyl (C=O) groups excluding carboxylic acids is 1. The van der Waals surface area contributed by atoms with Gasteiger partial charge in [0.15, 0.2) is 5.69 Å². The molecule has 146 valence electrons. The Morgan fingerprint density at radius 2 is 2.07 bits per heavy atom. The van der Waals surface area contributed by atoms with Crippen LogP contribution in [0.4, 0.5) is 0 Å². The molecule has 6 nitrogen and oxygen atoms in total. The molecule has 6 heteroatoms. The smallest absolute Gasteiger partial charge is 0.274 e. The summed E-state index contributed by atoms with van der Waals surface area (Å²) in [4.78, 5) is 14.5. The van der Waals surface area contributed by atoms with Crippen molar-refractivity contribution in [1.29, 1.82) is 0 Å². The predicted octanol–water partition coefficient (Wildman–Crippen LogP) is 2.94. The molecule has 0 fully saturated rings. The van der Waals surface area contributed by atoms with Gasteiger partial charge in [0.2, 0.25) is 0 Å². The van der Waals surface area contributed by atoms with E-state index in [9.17, 15) is 4.79 Å². The Balaban J connectivity index is 1.64. The van der Waals surface area contributed by atoms with Crippen molar-refractivity contribution in [2.75, 3.05) is 26.8 Å². The van der Waals surface area contributed by atoms with E-state index in [4.69, 9.17) is 9.47 Å². The molecule has 0 unspecified atom stereocenters. The van der Waals surface area contributed by atoms with Crippen LogP contribution in [-0.4, -0.2) is 47.4 Å². The molecule has 0 atom stereocenters. The summed E-state index contributed by atoms with van der Waals surface area (Å²) in [5.74, 6) is 0.777. The van der Waals surface area contributed by atoms with Gasteiger partial charge in [0.1, 0.15) is 12.4 Å². The van der Waals surface area contributed by atoms with E-state index in [1.54, 1.807) is 16.6 Å². The zero-order valence-electron chi connectivity index (χ0n) is 16.9. The van der Waals surface area contributed by atoms with Gasteiger partial charge in [0.05, 0.1) is 19.8 Å². The van der Waals surface area contributed by atoms with Crippen LogP contribution in [0.3, 0.4) is 0 Å². The standard InChI is InChI=1S/C21H29N3O3/c1-21(2,3)16-8-6-7-9-18(16)27-13-11-23(4)20(25)19-15-14-26-12-10-17(15)24(5)22-19/h6-9H,10-14H2,1-5H3. The second kappa shape index (κ2) is 7.72. The average Bonchev–Trinajstić information content (AvgIpc) is 2.98. The number of aromatic nitrogens is 2. The van der Waals surface area contributed by atoms with Gasteiger partial charge in [-0.1, -0.05) is 39.0 Å². The molecular formula is C21H29N3O3. The molecule has 1 aliphatic rings. The molecule has 0 spiro atoms. The summed E-state index contributed by atoms with van der Waals surface area (Å²) in [5.41, 5.74) is 3.67. The lowest BCUT2D eigenvalue weighted by atomic mass is 9.86. The van der Waals surface area contributed by atoms with Crippen molar-refractivity contribution in [2.24, 2.45) is 7.05 Å². The van der Waals surface area contributed by atoms with Crippen LogP contribution in [0, 0.1) is 0 Å². The van der Waals surface area contributed by atoms with Crippen LogP contribution in [0.2, 0.25) is 0 Å². The molecule has 27 heavy (non-hydrogen) atoms. The van der Waals surface area contributed by atoms with E-state index < -0.39 is 0 Å². The van der Waals surface area contributed by atoms with Crippen molar-refractivity contribution >= 4 is 5.91 Å². The second-order valence-corrected chi connectivity index (χ2v) is 8.02. The van der Waals surface area contributed by atoms with Gasteiger partial charge in [-0.3, -0.25) is 9.48 Å². The molecule has 1 aromatic heterocycles. The van der Waals surface area contributed by atoms with Gasteiger partial charge in [-0.25, -0.2) is 0 Å². The molecule has 2 aromatic rings. The number of ether oxygens (including phenoxy) is 2. The molecular weight excluding hydrogens is 342 g/mol. The van der Waals surface area contributed by atoms with E-state index in [0.29, 0.717) is 32.1 Å². The number of fused-ring (bicyclic) bond motifs is 1. The maximum atomic E-state index is 12.8. The maximum absolute atomic E-state index is 12.8. The Kier molecular flexibility index (Phi) is 5.56. The fraction of sp³-hybridized carbons (Fsp3) is 0.524. The zero-order valence-corrected chi connectivity index (χ0v) is 16.9. The Morgan fingerprint density at radius 3 is 2.81 bits per heavy atom. The summed E-state index contributed by atoms with van der Waals surface area (Å²) in [7, 11) is 3.67. The number of likely N-dealkylation sites (N-methyl/N-ethyl adjacent to an activating group) is 1. The Bertz CT molecular complexity index is 821. The van der Waals surface area contributed by atoms with Gasteiger partial charge in [-0.05, 0) is 17.0 Å². The zero-order chi connectivity index (χ0) is 19.6. The largest absolute Gasteiger partial charge is 0.491 e. The van der Waals surface area contributed by atoms with Gasteiger partial charge in [-0.2, -0.15) is 5.10 Å². The average molecular weight is 371 g/mol. The molecule has 2 heterocycles. The van der Waals surface area contributed by atoms with Crippen LogP contribution in [0.5, 0.6) is 5.75 Å². The third-order valence-corrected chi connectivity index (χ3v) is 4.93. The van der Waals surface area contributed by atoms with Gasteiger partial charge in [0, 0.05) is 31.8 Å². The van der Waals surface area contributed by atoms with Crippen LogP contribution in [0.1, 0.15) is 48.1 Å². The normalized spacial score (nSPS) is 14.0. The SMILES string of the molecule is CN(CCOc1ccccc1C(C)(C)C)C(=O)c1nn(C)c2c1COCC2. The van der Waals surface area contributed by atoms with Crippen molar-refractivity contribution in [3.05, 3.63) is 46.8 Å². The summed E-state index contributed by atoms with van der Waals surface area (Å²) in [5, 5.41) is 4.43. The molecule has 1 aliphatic heterocycles. The van der Waals surface area contributed by atoms with Crippen molar-refractivity contribution < 1.29 is 14.3 Å². The first-order valence-corrected chi connectivity index (χ1v) is 9.39. The number of amides is 1. The molecule has 0 radical (unpaired) electrons. The summed E-state index contributed by atoms with van der Waals surface area (Å²) < 4.78 is 13.3. The van der Waals surface area contributed by atoms with Crippen LogP contribution in [0.25, 0.3) is 0 Å². The van der Waals surface area contributed by atoms with Crippen molar-refractivity contribution in [3.63, 3.8) is 0 Å². The van der Waals surface area contributed by atoms with E-state index in [1.807, 2.05) is 25.2 Å². The van der Waals surface area contributed by atoms with Crippen LogP contribution in [-0.2, 0) is 30.2 Å². The van der Waals surface area contributed by atoms with Gasteiger partial charge in [0.25, 0.3) is 5.91 Å². The first kappa shape index (κ1) is 19.4. The molecule has 0 N–H and O–H groups in total. The van der Waals surface area contributed by atoms with E-state index in [1.165, 1.54) is 0 Å². The number of para-hydroxylation sites is 1. The van der Waals surface area contributed by atoms with Crippen molar-refractivity contribution in [1.82, 2.24) is 14.7 Å². The topological polar surface area (TPSA) is 56.6 Å². The number of nitrogens with zero attached hydrogens (tertiary/aromatic N) is 3. The minimum Gasteiger partial charge on any atom is -0.491 e. The lowest BCUT2D eigenvalue weighted by molar-refractivity contribution is 0.0753. The first-order chi connectivity index (χ1) is 12.8. The summed E-state index contributed by atoms with van der Waals surface area (Å²) in [6.07, 6.45) is 0.794. The molecule has 0 bridgehead atoms. The monoisotopic (exact) mass is 371 g/mol. The Labute approximate surface area is 161 Å². The molecule has 3 rings (SSSR count). The number of carbonyl (C=O) groups is 1. The quantitative estimate of drug-likeness (QED) is 0.811. The molecule has 1 amide bonds. The number of hydrogen-bond acceptors (Lipinski definition) is 4. The first-order valence-electron chi connectivity index (χ1n) is 9.39. The highest BCUT2D eigenvalue weighted by molar-refractivity contribution is 5.93. The minimum atomic E-state index is -0.0925. The number of hydrogen-bond donors (Lipinski definition) is 0. The lowest BCUT2D eigenvalue weighted by Crippen LogP contribution is -2.32. The number of aryl methyl sites for hydroxylation is 1. The van der Waals surface area contributed by atoms with Crippen LogP contribution in [0.15, 0.2) is 24.3 Å². The van der Waals surface area contributed by atoms with Gasteiger partial charge >= 0.3 is 0 Å². The second-order valence-electron chi connectivity index (χ2n) is 8.02. The maximum Gasteiger partial charge on any atom is 0.274 e. The van der Waals surface area contributed by atoms with Crippen LogP contribution >= 0.6 is 0 Å². The highest BCUT2D eigenvalue weighted by atomic mass is 16.5. The molecule has 1 aromatic carbocycles. The lowest BCUT2D eigenvalue weighted by Gasteiger charge is -2.23. The van der Waals surface area contributed by atoms with E-state index >= 15 is 0 Å². The highest BCUT2D eigenvalue weighted by Gasteiger charge is 2.26. The third kappa shape index (κ3) is 4.16. The summed E-state index contributed by atoms with van der Waals surface area (Å²) >= 11 is 0. The van der Waals surface area contributed by atoms with Crippen molar-refractivity contribution in [3.8, 4) is 5.75 Å². The molecule has 0 aliphatic carbocycles. The third-order valence-electron chi connectivity index (χ3n) is 4.93. The van der Waals surface area contributed by atoms with Gasteiger partial charge in [-0.15, -0.1) is 0 Å². The molecule has 0 saturated heterocycles. The fourth-order valence-electron chi connectivity index (χ4n) is 3.37.